The fourth-order valence-corrected chi connectivity index (χ4v) is 32.1. The maximum atomic E-state index is 5.69. The molecular formula is CH3Cl7Si3. The summed E-state index contributed by atoms with van der Waals surface area (Å²) in [5, 5.41) is 0. The smallest absolute Gasteiger partial charge is 0.150 e. The zero-order chi connectivity index (χ0) is 9.23. The van der Waals surface area contributed by atoms with Crippen molar-refractivity contribution in [3.8, 4) is 0 Å². The van der Waals surface area contributed by atoms with Gasteiger partial charge in [0.1, 0.15) is 0 Å². The molecule has 0 aliphatic carbocycles. The molecule has 0 saturated heterocycles. The molecule has 0 nitrogen and oxygen atoms in total. The van der Waals surface area contributed by atoms with Crippen molar-refractivity contribution in [1.82, 2.24) is 0 Å². The molecule has 0 rings (SSSR count). The molecule has 0 saturated carbocycles. The molecule has 0 radical (unpaired) electrons. The maximum Gasteiger partial charge on any atom is 0.343 e. The molecule has 0 spiro atoms. The van der Waals surface area contributed by atoms with Gasteiger partial charge in [-0.05, 0) is 0 Å². The molecule has 10 heteroatoms. The molecule has 0 heterocycles. The summed E-state index contributed by atoms with van der Waals surface area (Å²) >= 11 is 39.8. The Morgan fingerprint density at radius 3 is 1.09 bits per heavy atom. The Kier molecular flexibility index (Phi) is 6.88. The van der Waals surface area contributed by atoms with Crippen molar-refractivity contribution >= 4 is 98.4 Å². The molecule has 0 aromatic carbocycles. The molecule has 0 amide bonds. The average Bonchev–Trinajstić information content (AvgIpc) is 1.54. The van der Waals surface area contributed by atoms with E-state index >= 15 is 0 Å². The van der Waals surface area contributed by atoms with Gasteiger partial charge < -0.3 is 0 Å². The first-order valence-electron chi connectivity index (χ1n) is 2.40. The van der Waals surface area contributed by atoms with Crippen LogP contribution in [0.1, 0.15) is 0 Å². The van der Waals surface area contributed by atoms with E-state index in [4.69, 9.17) is 77.6 Å². The van der Waals surface area contributed by atoms with Gasteiger partial charge in [-0.25, -0.2) is 0 Å². The van der Waals surface area contributed by atoms with E-state index in [1.165, 1.54) is 0 Å². The van der Waals surface area contributed by atoms with Gasteiger partial charge in [0.05, 0.1) is 0 Å². The van der Waals surface area contributed by atoms with Gasteiger partial charge in [-0.2, -0.15) is 44.3 Å². The SMILES string of the molecule is Cl[SiH](Cl)C([SiH](Cl)Cl)[Si](Cl)(Cl)Cl. The molecule has 0 unspecified atom stereocenters. The second-order valence-corrected chi connectivity index (χ2v) is 22.5. The monoisotopic (exact) mass is 344 g/mol. The molecule has 11 heavy (non-hydrogen) atoms. The predicted octanol–water partition coefficient (Wildman–Crippen LogP) is 3.49. The van der Waals surface area contributed by atoms with Crippen LogP contribution >= 0.6 is 77.6 Å². The highest BCUT2D eigenvalue weighted by molar-refractivity contribution is 7.73. The summed E-state index contributed by atoms with van der Waals surface area (Å²) in [6, 6.07) is -2.90. The highest BCUT2D eigenvalue weighted by Gasteiger charge is 2.46. The quantitative estimate of drug-likeness (QED) is 0.542. The first kappa shape index (κ1) is 13.7. The van der Waals surface area contributed by atoms with E-state index < -0.39 is 20.8 Å². The van der Waals surface area contributed by atoms with E-state index in [1.807, 2.05) is 0 Å². The zero-order valence-electron chi connectivity index (χ0n) is 4.88. The topological polar surface area (TPSA) is 0 Å². The molecule has 0 fully saturated rings. The van der Waals surface area contributed by atoms with Crippen LogP contribution in [0.2, 0.25) is 4.79 Å². The van der Waals surface area contributed by atoms with Crippen molar-refractivity contribution in [2.24, 2.45) is 0 Å². The van der Waals surface area contributed by atoms with Crippen LogP contribution in [0.3, 0.4) is 0 Å². The van der Waals surface area contributed by atoms with Gasteiger partial charge in [-0.15, -0.1) is 33.2 Å². The summed E-state index contributed by atoms with van der Waals surface area (Å²) < 4.78 is 0. The van der Waals surface area contributed by atoms with Crippen LogP contribution in [-0.4, -0.2) is 20.8 Å². The van der Waals surface area contributed by atoms with E-state index in [1.54, 1.807) is 0 Å². The fourth-order valence-electron chi connectivity index (χ4n) is 0.396. The van der Waals surface area contributed by atoms with Gasteiger partial charge in [0.2, 0.25) is 14.8 Å². The third-order valence-electron chi connectivity index (χ3n) is 0.921. The lowest BCUT2D eigenvalue weighted by atomic mass is 11.8. The van der Waals surface area contributed by atoms with Crippen LogP contribution in [0.4, 0.5) is 0 Å². The number of halogens is 7. The Bertz CT molecular complexity index is 109. The normalized spacial score (nSPS) is 13.6. The standard InChI is InChI=1S/CH3Cl7Si3/c2-9(3)1(10(4)5)11(6,7)8/h1,9-10H. The molecule has 0 N–H and O–H groups in total. The Morgan fingerprint density at radius 1 is 0.818 bits per heavy atom. The highest BCUT2D eigenvalue weighted by atomic mass is 35.8. The van der Waals surface area contributed by atoms with Crippen molar-refractivity contribution in [3.63, 3.8) is 0 Å². The van der Waals surface area contributed by atoms with Crippen LogP contribution in [0.15, 0.2) is 0 Å². The lowest BCUT2D eigenvalue weighted by molar-refractivity contribution is 1.80. The molecule has 0 aromatic heterocycles. The Labute approximate surface area is 102 Å². The second kappa shape index (κ2) is 5.53. The van der Waals surface area contributed by atoms with E-state index in [2.05, 4.69) is 0 Å². The summed E-state index contributed by atoms with van der Waals surface area (Å²) in [7, 11) is -4.12. The molecule has 0 atom stereocenters. The third kappa shape index (κ3) is 5.20. The van der Waals surface area contributed by atoms with Crippen LogP contribution in [-0.2, 0) is 0 Å². The Balaban J connectivity index is 4.35. The first-order chi connectivity index (χ1) is 4.76. The molecule has 0 aliphatic heterocycles. The minimum atomic E-state index is -2.90. The first-order valence-corrected chi connectivity index (χ1v) is 15.8. The van der Waals surface area contributed by atoms with Gasteiger partial charge in [0, 0.05) is 4.79 Å². The minimum absolute atomic E-state index is 0.390. The van der Waals surface area contributed by atoms with E-state index in [0.717, 1.165) is 0 Å². The summed E-state index contributed by atoms with van der Waals surface area (Å²) in [4.78, 5) is -0.390. The number of hydrogen-bond acceptors (Lipinski definition) is 0. The fraction of sp³-hybridized carbons (Fsp3) is 1.00. The Morgan fingerprint density at radius 2 is 1.09 bits per heavy atom. The molecular weight excluding hydrogens is 344 g/mol. The summed E-state index contributed by atoms with van der Waals surface area (Å²) in [5.41, 5.74) is 0. The number of hydrogen-bond donors (Lipinski definition) is 0. The Hall–Kier alpha value is 2.68. The van der Waals surface area contributed by atoms with Gasteiger partial charge in [-0.3, -0.25) is 0 Å². The molecule has 0 aromatic rings. The zero-order valence-corrected chi connectivity index (χ0v) is 13.5. The van der Waals surface area contributed by atoms with Crippen molar-refractivity contribution in [1.29, 1.82) is 0 Å². The highest BCUT2D eigenvalue weighted by Crippen LogP contribution is 2.41. The third-order valence-corrected chi connectivity index (χ3v) is 24.9. The van der Waals surface area contributed by atoms with Crippen molar-refractivity contribution in [2.45, 2.75) is 4.79 Å². The van der Waals surface area contributed by atoms with Gasteiger partial charge in [-0.1, -0.05) is 0 Å². The van der Waals surface area contributed by atoms with Crippen molar-refractivity contribution < 1.29 is 0 Å². The summed E-state index contributed by atoms with van der Waals surface area (Å²) in [5.74, 6) is 0. The van der Waals surface area contributed by atoms with Gasteiger partial charge in [0.25, 0.3) is 0 Å². The predicted molar refractivity (Wildman–Crippen MR) is 64.8 cm³/mol. The summed E-state index contributed by atoms with van der Waals surface area (Å²) in [6.45, 7) is 0. The van der Waals surface area contributed by atoms with E-state index in [-0.39, 0.29) is 4.79 Å². The average molecular weight is 347 g/mol. The van der Waals surface area contributed by atoms with Gasteiger partial charge in [0.15, 0.2) is 0 Å². The second-order valence-electron chi connectivity index (χ2n) is 1.74. The van der Waals surface area contributed by atoms with Crippen molar-refractivity contribution in [3.05, 3.63) is 0 Å². The van der Waals surface area contributed by atoms with Crippen LogP contribution in [0.5, 0.6) is 0 Å². The molecule has 68 valence electrons. The molecule has 0 bridgehead atoms. The molecule has 0 aliphatic rings. The van der Waals surface area contributed by atoms with Crippen LogP contribution in [0, 0.1) is 0 Å². The largest absolute Gasteiger partial charge is 0.343 e. The maximum absolute atomic E-state index is 5.69. The summed E-state index contributed by atoms with van der Waals surface area (Å²) in [6.07, 6.45) is 0. The van der Waals surface area contributed by atoms with Crippen molar-refractivity contribution in [2.75, 3.05) is 0 Å². The van der Waals surface area contributed by atoms with E-state index in [0.29, 0.717) is 0 Å². The van der Waals surface area contributed by atoms with Crippen LogP contribution < -0.4 is 0 Å². The lowest BCUT2D eigenvalue weighted by Gasteiger charge is -2.21. The van der Waals surface area contributed by atoms with Gasteiger partial charge >= 0.3 is 6.00 Å². The van der Waals surface area contributed by atoms with E-state index in [9.17, 15) is 0 Å². The lowest BCUT2D eigenvalue weighted by Crippen LogP contribution is -2.34. The number of rotatable bonds is 3. The minimum Gasteiger partial charge on any atom is -0.150 e. The van der Waals surface area contributed by atoms with Crippen LogP contribution in [0.25, 0.3) is 0 Å².